The summed E-state index contributed by atoms with van der Waals surface area (Å²) in [5, 5.41) is 2.09. The molecule has 1 aromatic rings. The van der Waals surface area contributed by atoms with Gasteiger partial charge in [-0.25, -0.2) is 0 Å². The van der Waals surface area contributed by atoms with Crippen LogP contribution in [-0.2, 0) is 4.79 Å². The Hall–Kier alpha value is -0.890. The van der Waals surface area contributed by atoms with Gasteiger partial charge in [0.1, 0.15) is 5.78 Å². The molecule has 1 aliphatic rings. The van der Waals surface area contributed by atoms with Crippen molar-refractivity contribution >= 4 is 22.7 Å². The monoisotopic (exact) mass is 206 g/mol. The fourth-order valence-corrected chi connectivity index (χ4v) is 2.70. The van der Waals surface area contributed by atoms with Crippen LogP contribution in [0.2, 0.25) is 0 Å². The van der Waals surface area contributed by atoms with Gasteiger partial charge in [-0.1, -0.05) is 12.1 Å². The number of hydrogen-bond donors (Lipinski definition) is 0. The minimum atomic E-state index is 0.261. The smallest absolute Gasteiger partial charge is 0.133 e. The van der Waals surface area contributed by atoms with Crippen molar-refractivity contribution in [2.45, 2.75) is 26.2 Å². The summed E-state index contributed by atoms with van der Waals surface area (Å²) in [7, 11) is 0. The molecule has 14 heavy (non-hydrogen) atoms. The zero-order valence-corrected chi connectivity index (χ0v) is 9.14. The van der Waals surface area contributed by atoms with E-state index >= 15 is 0 Å². The molecule has 1 atom stereocenters. The van der Waals surface area contributed by atoms with E-state index in [0.717, 1.165) is 19.3 Å². The van der Waals surface area contributed by atoms with Gasteiger partial charge in [0.25, 0.3) is 0 Å². The van der Waals surface area contributed by atoms with Gasteiger partial charge in [-0.15, -0.1) is 11.3 Å². The summed E-state index contributed by atoms with van der Waals surface area (Å²) < 4.78 is 0. The number of ketones is 1. The highest BCUT2D eigenvalue weighted by atomic mass is 32.1. The van der Waals surface area contributed by atoms with Crippen molar-refractivity contribution in [3.8, 4) is 0 Å². The third-order valence-corrected chi connectivity index (χ3v) is 3.73. The molecule has 0 aliphatic heterocycles. The minimum absolute atomic E-state index is 0.261. The summed E-state index contributed by atoms with van der Waals surface area (Å²) in [6.45, 7) is 1.71. The van der Waals surface area contributed by atoms with Crippen molar-refractivity contribution in [3.63, 3.8) is 0 Å². The standard InChI is InChI=1S/C12H14OS/c1-9(13)10-4-2-5-11(8-10)12-6-3-7-14-12/h3,5-7,10H,2,4,8H2,1H3. The number of hydrogen-bond acceptors (Lipinski definition) is 2. The summed E-state index contributed by atoms with van der Waals surface area (Å²) in [4.78, 5) is 12.6. The summed E-state index contributed by atoms with van der Waals surface area (Å²) in [5.41, 5.74) is 1.37. The highest BCUT2D eigenvalue weighted by Gasteiger charge is 2.20. The average molecular weight is 206 g/mol. The molecule has 1 heterocycles. The van der Waals surface area contributed by atoms with Gasteiger partial charge in [0.05, 0.1) is 0 Å². The van der Waals surface area contributed by atoms with Crippen LogP contribution in [0.25, 0.3) is 5.57 Å². The van der Waals surface area contributed by atoms with Gasteiger partial charge in [0, 0.05) is 10.8 Å². The second-order valence-corrected chi connectivity index (χ2v) is 4.74. The van der Waals surface area contributed by atoms with Gasteiger partial charge in [-0.05, 0) is 43.2 Å². The van der Waals surface area contributed by atoms with Gasteiger partial charge in [-0.3, -0.25) is 4.79 Å². The van der Waals surface area contributed by atoms with Crippen LogP contribution in [-0.4, -0.2) is 5.78 Å². The zero-order chi connectivity index (χ0) is 9.97. The Morgan fingerprint density at radius 2 is 2.43 bits per heavy atom. The van der Waals surface area contributed by atoms with E-state index in [2.05, 4.69) is 23.6 Å². The number of carbonyl (C=O) groups excluding carboxylic acids is 1. The van der Waals surface area contributed by atoms with Crippen LogP contribution in [0.4, 0.5) is 0 Å². The molecule has 0 radical (unpaired) electrons. The topological polar surface area (TPSA) is 17.1 Å². The molecule has 74 valence electrons. The molecule has 0 amide bonds. The van der Waals surface area contributed by atoms with Crippen LogP contribution in [0, 0.1) is 5.92 Å². The van der Waals surface area contributed by atoms with Gasteiger partial charge in [0.2, 0.25) is 0 Å². The van der Waals surface area contributed by atoms with Crippen molar-refractivity contribution in [1.82, 2.24) is 0 Å². The first-order chi connectivity index (χ1) is 6.77. The maximum Gasteiger partial charge on any atom is 0.133 e. The molecule has 0 saturated heterocycles. The molecule has 1 aromatic heterocycles. The molecular formula is C12H14OS. The molecule has 1 unspecified atom stereocenters. The number of Topliss-reactive ketones (excluding diaryl/α,β-unsaturated/α-hetero) is 1. The lowest BCUT2D eigenvalue weighted by atomic mass is 9.86. The molecule has 2 heteroatoms. The van der Waals surface area contributed by atoms with Gasteiger partial charge in [-0.2, -0.15) is 0 Å². The number of carbonyl (C=O) groups is 1. The normalized spacial score (nSPS) is 21.8. The van der Waals surface area contributed by atoms with E-state index in [9.17, 15) is 4.79 Å². The van der Waals surface area contributed by atoms with Gasteiger partial charge < -0.3 is 0 Å². The van der Waals surface area contributed by atoms with Crippen molar-refractivity contribution in [3.05, 3.63) is 28.5 Å². The highest BCUT2D eigenvalue weighted by Crippen LogP contribution is 2.33. The van der Waals surface area contributed by atoms with E-state index < -0.39 is 0 Å². The SMILES string of the molecule is CC(=O)C1CCC=C(c2cccs2)C1. The first-order valence-electron chi connectivity index (χ1n) is 5.00. The second-order valence-electron chi connectivity index (χ2n) is 3.80. The van der Waals surface area contributed by atoms with E-state index in [-0.39, 0.29) is 5.92 Å². The van der Waals surface area contributed by atoms with Gasteiger partial charge >= 0.3 is 0 Å². The van der Waals surface area contributed by atoms with E-state index in [0.29, 0.717) is 5.78 Å². The molecule has 0 saturated carbocycles. The second kappa shape index (κ2) is 4.09. The maximum atomic E-state index is 11.3. The van der Waals surface area contributed by atoms with E-state index in [1.807, 2.05) is 0 Å². The van der Waals surface area contributed by atoms with Crippen molar-refractivity contribution in [2.75, 3.05) is 0 Å². The Morgan fingerprint density at radius 3 is 3.07 bits per heavy atom. The summed E-state index contributed by atoms with van der Waals surface area (Å²) in [6, 6.07) is 4.21. The molecule has 0 fully saturated rings. The Morgan fingerprint density at radius 1 is 1.57 bits per heavy atom. The summed E-state index contributed by atoms with van der Waals surface area (Å²) in [5.74, 6) is 0.601. The van der Waals surface area contributed by atoms with Crippen LogP contribution in [0.5, 0.6) is 0 Å². The predicted molar refractivity (Wildman–Crippen MR) is 60.3 cm³/mol. The minimum Gasteiger partial charge on any atom is -0.300 e. The van der Waals surface area contributed by atoms with Crippen molar-refractivity contribution in [2.24, 2.45) is 5.92 Å². The first-order valence-corrected chi connectivity index (χ1v) is 5.88. The van der Waals surface area contributed by atoms with Gasteiger partial charge in [0.15, 0.2) is 0 Å². The Kier molecular flexibility index (Phi) is 2.82. The Bertz CT molecular complexity index is 348. The quantitative estimate of drug-likeness (QED) is 0.723. The third kappa shape index (κ3) is 1.95. The number of allylic oxidation sites excluding steroid dienone is 2. The fourth-order valence-electron chi connectivity index (χ4n) is 1.92. The first kappa shape index (κ1) is 9.66. The van der Waals surface area contributed by atoms with Crippen LogP contribution in [0.3, 0.4) is 0 Å². The summed E-state index contributed by atoms with van der Waals surface area (Å²) in [6.07, 6.45) is 5.31. The lowest BCUT2D eigenvalue weighted by Gasteiger charge is -2.19. The Balaban J connectivity index is 2.15. The average Bonchev–Trinajstić information content (AvgIpc) is 2.71. The molecular weight excluding hydrogens is 192 g/mol. The Labute approximate surface area is 88.5 Å². The molecule has 0 N–H and O–H groups in total. The van der Waals surface area contributed by atoms with Crippen LogP contribution >= 0.6 is 11.3 Å². The zero-order valence-electron chi connectivity index (χ0n) is 8.32. The maximum absolute atomic E-state index is 11.3. The van der Waals surface area contributed by atoms with Crippen molar-refractivity contribution in [1.29, 1.82) is 0 Å². The third-order valence-electron chi connectivity index (χ3n) is 2.78. The number of thiophene rings is 1. The molecule has 0 bridgehead atoms. The molecule has 0 aromatic carbocycles. The number of rotatable bonds is 2. The van der Waals surface area contributed by atoms with Crippen LogP contribution in [0.15, 0.2) is 23.6 Å². The fraction of sp³-hybridized carbons (Fsp3) is 0.417. The van der Waals surface area contributed by atoms with E-state index in [1.54, 1.807) is 18.3 Å². The van der Waals surface area contributed by atoms with E-state index in [4.69, 9.17) is 0 Å². The largest absolute Gasteiger partial charge is 0.300 e. The lowest BCUT2D eigenvalue weighted by molar-refractivity contribution is -0.120. The van der Waals surface area contributed by atoms with Crippen LogP contribution in [0.1, 0.15) is 31.1 Å². The van der Waals surface area contributed by atoms with Crippen LogP contribution < -0.4 is 0 Å². The highest BCUT2D eigenvalue weighted by molar-refractivity contribution is 7.11. The molecule has 0 spiro atoms. The van der Waals surface area contributed by atoms with Crippen molar-refractivity contribution < 1.29 is 4.79 Å². The lowest BCUT2D eigenvalue weighted by Crippen LogP contribution is -2.13. The molecule has 2 rings (SSSR count). The van der Waals surface area contributed by atoms with E-state index in [1.165, 1.54) is 10.5 Å². The predicted octanol–water partition coefficient (Wildman–Crippen LogP) is 3.52. The molecule has 1 nitrogen and oxygen atoms in total. The molecule has 1 aliphatic carbocycles. The summed E-state index contributed by atoms with van der Waals surface area (Å²) >= 11 is 1.76.